The third-order valence-electron chi connectivity index (χ3n) is 10.7. The van der Waals surface area contributed by atoms with Crippen LogP contribution in [0.2, 0.25) is 0 Å². The molecule has 0 atom stereocenters. The molecule has 0 aliphatic heterocycles. The fraction of sp³-hybridized carbons (Fsp3) is 0. The highest BCUT2D eigenvalue weighted by Gasteiger charge is 2.32. The lowest BCUT2D eigenvalue weighted by atomic mass is 9.78. The maximum absolute atomic E-state index is 2.40. The van der Waals surface area contributed by atoms with Crippen molar-refractivity contribution in [2.45, 2.75) is 0 Å². The van der Waals surface area contributed by atoms with Crippen LogP contribution in [-0.2, 0) is 0 Å². The van der Waals surface area contributed by atoms with Crippen LogP contribution in [0.3, 0.4) is 0 Å². The summed E-state index contributed by atoms with van der Waals surface area (Å²) in [6.45, 7) is 0. The van der Waals surface area contributed by atoms with E-state index < -0.39 is 0 Å². The van der Waals surface area contributed by atoms with Crippen LogP contribution in [0.1, 0.15) is 0 Å². The van der Waals surface area contributed by atoms with E-state index in [2.05, 4.69) is 170 Å². The maximum Gasteiger partial charge on any atom is -0.000696 e. The summed E-state index contributed by atoms with van der Waals surface area (Å²) >= 11 is 0. The van der Waals surface area contributed by atoms with E-state index in [9.17, 15) is 0 Å². The van der Waals surface area contributed by atoms with Crippen molar-refractivity contribution < 1.29 is 0 Å². The summed E-state index contributed by atoms with van der Waals surface area (Å²) in [4.78, 5) is 0. The van der Waals surface area contributed by atoms with Crippen molar-refractivity contribution in [2.75, 3.05) is 0 Å². The van der Waals surface area contributed by atoms with Gasteiger partial charge in [0.2, 0.25) is 0 Å². The predicted octanol–water partition coefficient (Wildman–Crippen LogP) is 13.5. The molecule has 0 radical (unpaired) electrons. The van der Waals surface area contributed by atoms with Gasteiger partial charge in [-0.25, -0.2) is 0 Å². The summed E-state index contributed by atoms with van der Waals surface area (Å²) in [5, 5.41) is 13.3. The highest BCUT2D eigenvalue weighted by Crippen LogP contribution is 2.60. The fourth-order valence-corrected chi connectivity index (χ4v) is 8.87. The quantitative estimate of drug-likeness (QED) is 0.139. The Morgan fingerprint density at radius 1 is 0.208 bits per heavy atom. The van der Waals surface area contributed by atoms with Crippen molar-refractivity contribution in [1.29, 1.82) is 0 Å². The summed E-state index contributed by atoms with van der Waals surface area (Å²) in [5.41, 5.74) is 13.0. The minimum Gasteiger partial charge on any atom is -0.0622 e. The molecule has 0 amide bonds. The molecule has 0 aromatic heterocycles. The second kappa shape index (κ2) is 9.64. The molecule has 0 saturated heterocycles. The summed E-state index contributed by atoms with van der Waals surface area (Å²) in [7, 11) is 0. The summed E-state index contributed by atoms with van der Waals surface area (Å²) < 4.78 is 0. The molecule has 0 nitrogen and oxygen atoms in total. The number of hydrogen-bond acceptors (Lipinski definition) is 0. The molecule has 0 fully saturated rings. The predicted molar refractivity (Wildman–Crippen MR) is 206 cm³/mol. The second-order valence-electron chi connectivity index (χ2n) is 13.1. The van der Waals surface area contributed by atoms with E-state index in [4.69, 9.17) is 0 Å². The Balaban J connectivity index is 1.45. The molecular weight excluding hydrogens is 577 g/mol. The maximum atomic E-state index is 2.40. The van der Waals surface area contributed by atoms with Crippen LogP contribution in [-0.4, -0.2) is 0 Å². The van der Waals surface area contributed by atoms with Gasteiger partial charge in [0.05, 0.1) is 0 Å². The third kappa shape index (κ3) is 3.34. The van der Waals surface area contributed by atoms with Gasteiger partial charge < -0.3 is 0 Å². The number of hydrogen-bond donors (Lipinski definition) is 0. The van der Waals surface area contributed by atoms with E-state index in [0.717, 1.165) is 0 Å². The molecular formula is C48H28. The van der Waals surface area contributed by atoms with Crippen molar-refractivity contribution in [3.63, 3.8) is 0 Å². The van der Waals surface area contributed by atoms with E-state index in [1.54, 1.807) is 0 Å². The Morgan fingerprint density at radius 3 is 1.48 bits per heavy atom. The lowest BCUT2D eigenvalue weighted by molar-refractivity contribution is 1.63. The third-order valence-corrected chi connectivity index (χ3v) is 10.7. The smallest absolute Gasteiger partial charge is 0.000696 e. The molecule has 1 aliphatic carbocycles. The van der Waals surface area contributed by atoms with Crippen molar-refractivity contribution in [3.05, 3.63) is 170 Å². The Bertz CT molecular complexity index is 2890. The van der Waals surface area contributed by atoms with Gasteiger partial charge in [0.25, 0.3) is 0 Å². The topological polar surface area (TPSA) is 0 Å². The average molecular weight is 605 g/mol. The average Bonchev–Trinajstić information content (AvgIpc) is 3.49. The van der Waals surface area contributed by atoms with Crippen LogP contribution < -0.4 is 0 Å². The van der Waals surface area contributed by atoms with Crippen LogP contribution >= 0.6 is 0 Å². The first kappa shape index (κ1) is 25.9. The molecule has 11 rings (SSSR count). The SMILES string of the molecule is c1ccc(-c2ccc3c4c(cccc24)-c2c-3c(-c3ccccc3)c3c(-c4ccccc4)ccc4c5cccc6cccc(c2c34)c65)cc1. The van der Waals surface area contributed by atoms with Crippen molar-refractivity contribution in [2.24, 2.45) is 0 Å². The van der Waals surface area contributed by atoms with E-state index in [0.29, 0.717) is 0 Å². The zero-order valence-electron chi connectivity index (χ0n) is 26.2. The van der Waals surface area contributed by atoms with E-state index in [1.807, 2.05) is 0 Å². The molecule has 220 valence electrons. The number of fused-ring (bicyclic) bond motifs is 6. The second-order valence-corrected chi connectivity index (χ2v) is 13.1. The van der Waals surface area contributed by atoms with E-state index in [-0.39, 0.29) is 0 Å². The Kier molecular flexibility index (Phi) is 5.20. The van der Waals surface area contributed by atoms with Gasteiger partial charge in [0, 0.05) is 0 Å². The van der Waals surface area contributed by atoms with Gasteiger partial charge in [0.1, 0.15) is 0 Å². The molecule has 10 aromatic rings. The largest absolute Gasteiger partial charge is 0.0622 e. The molecule has 0 unspecified atom stereocenters. The molecule has 0 bridgehead atoms. The zero-order chi connectivity index (χ0) is 31.3. The first-order chi connectivity index (χ1) is 23.9. The lowest BCUT2D eigenvalue weighted by Crippen LogP contribution is -1.96. The van der Waals surface area contributed by atoms with Crippen LogP contribution in [0.4, 0.5) is 0 Å². The fourth-order valence-electron chi connectivity index (χ4n) is 8.87. The normalized spacial score (nSPS) is 12.2. The van der Waals surface area contributed by atoms with Crippen LogP contribution in [0.25, 0.3) is 109 Å². The minimum absolute atomic E-state index is 1.24. The Labute approximate surface area is 278 Å². The summed E-state index contributed by atoms with van der Waals surface area (Å²) in [5.74, 6) is 0. The minimum atomic E-state index is 1.24. The highest BCUT2D eigenvalue weighted by atomic mass is 14.3. The molecule has 10 aromatic carbocycles. The Hall–Kier alpha value is -6.24. The molecule has 0 saturated carbocycles. The first-order valence-electron chi connectivity index (χ1n) is 16.8. The summed E-state index contributed by atoms with van der Waals surface area (Å²) in [6.07, 6.45) is 0. The van der Waals surface area contributed by atoms with E-state index in [1.165, 1.54) is 109 Å². The standard InChI is InChI=1S/C48H28/c1-4-13-29(14-5-1)33-25-28-40-43-35(33)22-12-24-39(43)48-46(40)42(32-17-8-3-9-18-32)44-34(30-15-6-2-7-16-30)26-27-37-36-21-10-19-31-20-11-23-38(41(31)36)47(48)45(37)44/h1-28H. The first-order valence-corrected chi connectivity index (χ1v) is 16.8. The van der Waals surface area contributed by atoms with Crippen LogP contribution in [0, 0.1) is 0 Å². The number of rotatable bonds is 3. The van der Waals surface area contributed by atoms with Crippen LogP contribution in [0.5, 0.6) is 0 Å². The molecule has 0 spiro atoms. The van der Waals surface area contributed by atoms with Gasteiger partial charge >= 0.3 is 0 Å². The van der Waals surface area contributed by atoms with Gasteiger partial charge in [-0.2, -0.15) is 0 Å². The van der Waals surface area contributed by atoms with Gasteiger partial charge in [-0.1, -0.05) is 170 Å². The van der Waals surface area contributed by atoms with Gasteiger partial charge in [-0.3, -0.25) is 0 Å². The lowest BCUT2D eigenvalue weighted by Gasteiger charge is -2.24. The number of benzene rings is 10. The Morgan fingerprint density at radius 2 is 0.750 bits per heavy atom. The molecule has 0 heterocycles. The van der Waals surface area contributed by atoms with Gasteiger partial charge in [-0.15, -0.1) is 0 Å². The molecule has 0 heteroatoms. The van der Waals surface area contributed by atoms with Crippen molar-refractivity contribution in [1.82, 2.24) is 0 Å². The van der Waals surface area contributed by atoms with Crippen molar-refractivity contribution >= 4 is 53.9 Å². The van der Waals surface area contributed by atoms with Crippen molar-refractivity contribution in [3.8, 4) is 55.6 Å². The van der Waals surface area contributed by atoms with Gasteiger partial charge in [-0.05, 0) is 109 Å². The zero-order valence-corrected chi connectivity index (χ0v) is 26.2. The van der Waals surface area contributed by atoms with E-state index >= 15 is 0 Å². The van der Waals surface area contributed by atoms with Crippen LogP contribution in [0.15, 0.2) is 170 Å². The molecule has 48 heavy (non-hydrogen) atoms. The molecule has 1 aliphatic rings. The van der Waals surface area contributed by atoms with Gasteiger partial charge in [0.15, 0.2) is 0 Å². The monoisotopic (exact) mass is 604 g/mol. The highest BCUT2D eigenvalue weighted by molar-refractivity contribution is 6.42. The molecule has 0 N–H and O–H groups in total. The summed E-state index contributed by atoms with van der Waals surface area (Å²) in [6, 6.07) is 63.0.